The molecule has 0 aromatic carbocycles. The van der Waals surface area contributed by atoms with E-state index in [-0.39, 0.29) is 18.3 Å². The van der Waals surface area contributed by atoms with E-state index in [9.17, 15) is 21.6 Å². The van der Waals surface area contributed by atoms with Crippen LogP contribution in [0.5, 0.6) is 0 Å². The summed E-state index contributed by atoms with van der Waals surface area (Å²) in [5.41, 5.74) is -0.488. The molecule has 0 unspecified atom stereocenters. The number of hydrogen-bond donors (Lipinski definition) is 0. The van der Waals surface area contributed by atoms with Gasteiger partial charge in [0.15, 0.2) is 10.5 Å². The average molecular weight is 290 g/mol. The number of rotatable bonds is 2. The maximum absolute atomic E-state index is 12.3. The van der Waals surface area contributed by atoms with Gasteiger partial charge in [0.25, 0.3) is 17.7 Å². The van der Waals surface area contributed by atoms with Gasteiger partial charge < -0.3 is 0 Å². The monoisotopic (exact) mass is 290 g/mol. The van der Waals surface area contributed by atoms with Crippen LogP contribution in [0.15, 0.2) is 12.2 Å². The highest BCUT2D eigenvalue weighted by Gasteiger charge is 2.86. The Hall–Kier alpha value is -0.690. The van der Waals surface area contributed by atoms with Gasteiger partial charge in [-0.1, -0.05) is 19.1 Å². The van der Waals surface area contributed by atoms with E-state index in [1.807, 2.05) is 19.1 Å². The minimum atomic E-state index is -4.46. The third-order valence-corrected chi connectivity index (χ3v) is 10.3. The molecule has 18 heavy (non-hydrogen) atoms. The summed E-state index contributed by atoms with van der Waals surface area (Å²) in [5.74, 6) is -1.13. The van der Waals surface area contributed by atoms with Crippen molar-refractivity contribution in [2.45, 2.75) is 24.5 Å². The zero-order chi connectivity index (χ0) is 13.6. The van der Waals surface area contributed by atoms with Crippen LogP contribution in [0.1, 0.15) is 19.8 Å². The summed E-state index contributed by atoms with van der Waals surface area (Å²) in [4.78, 5) is 12.2. The number of carbonyl (C=O) groups excluding carboxylic acids is 1. The van der Waals surface area contributed by atoms with Crippen LogP contribution in [-0.4, -0.2) is 33.6 Å². The molecule has 0 heterocycles. The Balaban J connectivity index is 2.25. The molecule has 3 aliphatic carbocycles. The standard InChI is InChI=1S/C11H14O5S2/c1-10-5-3-4-7-9(10)11(7,8(12)6-10)18(15,16)17(2,13)14/h3,5,7,9H,4,6H2,1-2H3/t7-,9-,10-,11-/m0/s1. The molecule has 4 atom stereocenters. The first kappa shape index (κ1) is 12.3. The summed E-state index contributed by atoms with van der Waals surface area (Å²) in [5, 5.41) is 0. The molecule has 5 nitrogen and oxygen atoms in total. The Labute approximate surface area is 105 Å². The average Bonchev–Trinajstić information content (AvgIpc) is 2.80. The van der Waals surface area contributed by atoms with Crippen molar-refractivity contribution >= 4 is 23.5 Å². The van der Waals surface area contributed by atoms with E-state index in [1.54, 1.807) is 0 Å². The third-order valence-electron chi connectivity index (χ3n) is 4.69. The lowest BCUT2D eigenvalue weighted by molar-refractivity contribution is -0.119. The van der Waals surface area contributed by atoms with E-state index in [0.717, 1.165) is 0 Å². The Morgan fingerprint density at radius 1 is 1.28 bits per heavy atom. The van der Waals surface area contributed by atoms with Crippen LogP contribution in [0.2, 0.25) is 0 Å². The van der Waals surface area contributed by atoms with Gasteiger partial charge in [-0.15, -0.1) is 0 Å². The maximum atomic E-state index is 12.3. The molecule has 0 aromatic rings. The Morgan fingerprint density at radius 3 is 2.39 bits per heavy atom. The normalized spacial score (nSPS) is 46.0. The lowest BCUT2D eigenvalue weighted by atomic mass is 9.78. The molecule has 100 valence electrons. The third kappa shape index (κ3) is 1.02. The zero-order valence-corrected chi connectivity index (χ0v) is 11.7. The van der Waals surface area contributed by atoms with Crippen LogP contribution in [0.3, 0.4) is 0 Å². The van der Waals surface area contributed by atoms with Crippen molar-refractivity contribution in [3.8, 4) is 0 Å². The largest absolute Gasteiger partial charge is 0.298 e. The molecule has 3 rings (SSSR count). The van der Waals surface area contributed by atoms with E-state index in [4.69, 9.17) is 0 Å². The minimum absolute atomic E-state index is 0.124. The van der Waals surface area contributed by atoms with Gasteiger partial charge in [-0.3, -0.25) is 4.79 Å². The summed E-state index contributed by atoms with van der Waals surface area (Å²) >= 11 is 0. The molecule has 3 aliphatic rings. The summed E-state index contributed by atoms with van der Waals surface area (Å²) in [6.45, 7) is 1.84. The first-order valence-corrected chi connectivity index (χ1v) is 9.64. The Morgan fingerprint density at radius 2 is 1.89 bits per heavy atom. The molecule has 0 aliphatic heterocycles. The first-order chi connectivity index (χ1) is 8.09. The molecule has 2 saturated carbocycles. The van der Waals surface area contributed by atoms with Crippen molar-refractivity contribution < 1.29 is 21.6 Å². The minimum Gasteiger partial charge on any atom is -0.298 e. The van der Waals surface area contributed by atoms with Crippen LogP contribution in [0.25, 0.3) is 0 Å². The van der Waals surface area contributed by atoms with Crippen molar-refractivity contribution in [2.24, 2.45) is 17.3 Å². The van der Waals surface area contributed by atoms with Crippen molar-refractivity contribution in [1.29, 1.82) is 0 Å². The van der Waals surface area contributed by atoms with Crippen molar-refractivity contribution in [1.82, 2.24) is 0 Å². The zero-order valence-electron chi connectivity index (χ0n) is 10.1. The highest BCUT2D eigenvalue weighted by molar-refractivity contribution is 8.67. The predicted molar refractivity (Wildman–Crippen MR) is 65.0 cm³/mol. The topological polar surface area (TPSA) is 85.3 Å². The van der Waals surface area contributed by atoms with E-state index >= 15 is 0 Å². The molecule has 0 bridgehead atoms. The molecule has 0 N–H and O–H groups in total. The molecule has 7 heteroatoms. The van der Waals surface area contributed by atoms with E-state index < -0.39 is 33.7 Å². The van der Waals surface area contributed by atoms with Gasteiger partial charge in [0.2, 0.25) is 0 Å². The fourth-order valence-corrected chi connectivity index (χ4v) is 8.64. The maximum Gasteiger partial charge on any atom is 0.266 e. The molecule has 0 aromatic heterocycles. The fraction of sp³-hybridized carbons (Fsp3) is 0.727. The van der Waals surface area contributed by atoms with Crippen LogP contribution >= 0.6 is 0 Å². The van der Waals surface area contributed by atoms with Crippen molar-refractivity contribution in [2.75, 3.05) is 6.26 Å². The second-order valence-corrected chi connectivity index (χ2v) is 11.9. The summed E-state index contributed by atoms with van der Waals surface area (Å²) < 4.78 is 46.0. The summed E-state index contributed by atoms with van der Waals surface area (Å²) in [6, 6.07) is 0. The quantitative estimate of drug-likeness (QED) is 0.539. The van der Waals surface area contributed by atoms with Crippen LogP contribution in [0, 0.1) is 17.3 Å². The molecule has 0 saturated heterocycles. The van der Waals surface area contributed by atoms with Gasteiger partial charge in [-0.05, 0) is 17.8 Å². The second-order valence-electron chi connectivity index (χ2n) is 5.78. The highest BCUT2D eigenvalue weighted by Crippen LogP contribution is 2.74. The fourth-order valence-electron chi connectivity index (χ4n) is 4.05. The van der Waals surface area contributed by atoms with Crippen molar-refractivity contribution in [3.63, 3.8) is 0 Å². The van der Waals surface area contributed by atoms with Gasteiger partial charge in [-0.2, -0.15) is 0 Å². The predicted octanol–water partition coefficient (Wildman–Crippen LogP) is 0.285. The molecule has 2 fully saturated rings. The Kier molecular flexibility index (Phi) is 1.99. The molecular weight excluding hydrogens is 276 g/mol. The number of fused-ring (bicyclic) bond motifs is 1. The van der Waals surface area contributed by atoms with Gasteiger partial charge in [0.1, 0.15) is 0 Å². The van der Waals surface area contributed by atoms with E-state index in [1.165, 1.54) is 0 Å². The first-order valence-electron chi connectivity index (χ1n) is 5.74. The molecular formula is C11H14O5S2. The lowest BCUT2D eigenvalue weighted by Gasteiger charge is -2.25. The van der Waals surface area contributed by atoms with Crippen LogP contribution < -0.4 is 0 Å². The number of ketones is 1. The number of carbonyl (C=O) groups is 1. The summed E-state index contributed by atoms with van der Waals surface area (Å²) in [6.07, 6.45) is 5.02. The van der Waals surface area contributed by atoms with Crippen LogP contribution in [-0.2, 0) is 22.5 Å². The Bertz CT molecular complexity index is 687. The van der Waals surface area contributed by atoms with Gasteiger partial charge in [-0.25, -0.2) is 16.8 Å². The van der Waals surface area contributed by atoms with Gasteiger partial charge >= 0.3 is 0 Å². The highest BCUT2D eigenvalue weighted by atomic mass is 33.2. The molecule has 0 amide bonds. The summed E-state index contributed by atoms with van der Waals surface area (Å²) in [7, 11) is -8.74. The smallest absolute Gasteiger partial charge is 0.266 e. The van der Waals surface area contributed by atoms with Gasteiger partial charge in [0.05, 0.1) is 6.26 Å². The second kappa shape index (κ2) is 2.90. The van der Waals surface area contributed by atoms with E-state index in [2.05, 4.69) is 0 Å². The lowest BCUT2D eigenvalue weighted by Crippen LogP contribution is -2.38. The van der Waals surface area contributed by atoms with Gasteiger partial charge in [0, 0.05) is 12.3 Å². The van der Waals surface area contributed by atoms with Crippen molar-refractivity contribution in [3.05, 3.63) is 12.2 Å². The molecule has 0 spiro atoms. The molecule has 0 radical (unpaired) electrons. The number of hydrogen-bond acceptors (Lipinski definition) is 5. The number of allylic oxidation sites excluding steroid dienone is 2. The SMILES string of the molecule is C[C@@]12C=CC[C@H]3[C@@H]1[C@@]3(S(=O)(=O)S(C)(=O)=O)C(=O)C2. The van der Waals surface area contributed by atoms with E-state index in [0.29, 0.717) is 12.7 Å². The number of Topliss-reactive ketones (excluding diaryl/α,β-unsaturated/α-hetero) is 1. The van der Waals surface area contributed by atoms with Crippen LogP contribution in [0.4, 0.5) is 0 Å².